The minimum absolute atomic E-state index is 0.0464. The Labute approximate surface area is 292 Å². The second-order valence-corrected chi connectivity index (χ2v) is 12.3. The van der Waals surface area contributed by atoms with Gasteiger partial charge in [-0.05, 0) is 37.9 Å². The first-order valence-electron chi connectivity index (χ1n) is 15.0. The van der Waals surface area contributed by atoms with Crippen molar-refractivity contribution in [1.82, 2.24) is 0 Å². The standard InChI is InChI=1S/C34H22F16NO3/c1-51-13-11-21(12-14-51)26(52)54-17-28(37,38)30(41,42)32(45,46)34(49,50)33(47,48)31(43,44)29(39,40)27(35,36)16-53-15-22-8-7-20-6-5-18-3-2-4-19-9-10-23(22)25(20)24(18)19/h2-14H,15-17H2,1H3/q+1. The summed E-state index contributed by atoms with van der Waals surface area (Å²) in [6.07, 6.45) is 2.11. The lowest BCUT2D eigenvalue weighted by atomic mass is 9.87. The van der Waals surface area contributed by atoms with Crippen LogP contribution in [0.1, 0.15) is 15.9 Å². The molecule has 0 atom stereocenters. The van der Waals surface area contributed by atoms with E-state index in [1.54, 1.807) is 36.4 Å². The number of esters is 1. The molecule has 1 heterocycles. The van der Waals surface area contributed by atoms with Gasteiger partial charge in [-0.2, -0.15) is 70.2 Å². The first-order valence-corrected chi connectivity index (χ1v) is 15.0. The van der Waals surface area contributed by atoms with Crippen LogP contribution in [0.3, 0.4) is 0 Å². The summed E-state index contributed by atoms with van der Waals surface area (Å²) in [6.45, 7) is -7.33. The summed E-state index contributed by atoms with van der Waals surface area (Å²) in [6, 6.07) is 15.9. The van der Waals surface area contributed by atoms with Crippen molar-refractivity contribution in [2.24, 2.45) is 7.05 Å². The van der Waals surface area contributed by atoms with Crippen molar-refractivity contribution in [3.05, 3.63) is 90.3 Å². The van der Waals surface area contributed by atoms with Crippen LogP contribution in [0.2, 0.25) is 0 Å². The zero-order valence-electron chi connectivity index (χ0n) is 26.8. The first kappa shape index (κ1) is 40.6. The van der Waals surface area contributed by atoms with E-state index < -0.39 is 78.7 Å². The molecule has 0 spiro atoms. The summed E-state index contributed by atoms with van der Waals surface area (Å²) in [4.78, 5) is 11.8. The second-order valence-electron chi connectivity index (χ2n) is 12.3. The molecule has 20 heteroatoms. The number of alkyl halides is 16. The highest BCUT2D eigenvalue weighted by atomic mass is 19.4. The smallest absolute Gasteiger partial charge is 0.385 e. The fraction of sp³-hybridized carbons (Fsp3) is 0.353. The van der Waals surface area contributed by atoms with E-state index in [0.717, 1.165) is 24.5 Å². The zero-order chi connectivity index (χ0) is 40.5. The van der Waals surface area contributed by atoms with Crippen LogP contribution in [-0.2, 0) is 23.1 Å². The van der Waals surface area contributed by atoms with E-state index in [4.69, 9.17) is 0 Å². The number of carbonyl (C=O) groups is 1. The largest absolute Gasteiger partial charge is 0.455 e. The fourth-order valence-corrected chi connectivity index (χ4v) is 5.52. The third-order valence-electron chi connectivity index (χ3n) is 8.65. The predicted octanol–water partition coefficient (Wildman–Crippen LogP) is 9.86. The molecule has 0 unspecified atom stereocenters. The summed E-state index contributed by atoms with van der Waals surface area (Å²) in [5.74, 6) is -65.0. The van der Waals surface area contributed by atoms with Gasteiger partial charge in [0.2, 0.25) is 0 Å². The first-order chi connectivity index (χ1) is 24.7. The molecule has 0 aliphatic rings. The Kier molecular flexibility index (Phi) is 9.77. The number of hydrogen-bond donors (Lipinski definition) is 0. The Balaban J connectivity index is 1.36. The predicted molar refractivity (Wildman–Crippen MR) is 157 cm³/mol. The summed E-state index contributed by atoms with van der Waals surface area (Å²) >= 11 is 0. The van der Waals surface area contributed by atoms with Gasteiger partial charge in [-0.3, -0.25) is 0 Å². The number of pyridine rings is 1. The monoisotopic (exact) mass is 796 g/mol. The molecule has 0 saturated heterocycles. The molecule has 0 bridgehead atoms. The summed E-state index contributed by atoms with van der Waals surface area (Å²) in [5, 5.41) is 3.47. The molecule has 5 aromatic rings. The Morgan fingerprint density at radius 2 is 0.963 bits per heavy atom. The van der Waals surface area contributed by atoms with E-state index in [0.29, 0.717) is 26.9 Å². The van der Waals surface area contributed by atoms with Gasteiger partial charge in [-0.25, -0.2) is 9.36 Å². The SMILES string of the molecule is C[n+]1ccc(C(=O)OCC(F)(F)C(F)(F)C(F)(F)C(F)(F)C(F)(F)C(F)(F)C(F)(F)C(F)(F)COCc2ccc3ccc4cccc5ccc2c3c45)cc1. The van der Waals surface area contributed by atoms with Gasteiger partial charge in [0, 0.05) is 12.1 Å². The molecule has 4 aromatic carbocycles. The van der Waals surface area contributed by atoms with Gasteiger partial charge >= 0.3 is 53.3 Å². The highest BCUT2D eigenvalue weighted by Crippen LogP contribution is 2.64. The molecular formula is C34H22F16NO3+. The van der Waals surface area contributed by atoms with Gasteiger partial charge in [0.1, 0.15) is 13.7 Å². The Morgan fingerprint density at radius 3 is 1.48 bits per heavy atom. The van der Waals surface area contributed by atoms with Crippen LogP contribution in [0.5, 0.6) is 0 Å². The highest BCUT2D eigenvalue weighted by Gasteiger charge is 2.94. The average molecular weight is 797 g/mol. The molecule has 0 amide bonds. The number of aromatic nitrogens is 1. The molecule has 0 fully saturated rings. The number of rotatable bonds is 14. The van der Waals surface area contributed by atoms with Crippen molar-refractivity contribution < 1.29 is 89.1 Å². The van der Waals surface area contributed by atoms with Crippen molar-refractivity contribution in [2.45, 2.75) is 54.0 Å². The molecule has 1 aromatic heterocycles. The van der Waals surface area contributed by atoms with E-state index >= 15 is 0 Å². The quantitative estimate of drug-likeness (QED) is 0.0487. The number of aryl methyl sites for hydroxylation is 1. The number of hydrogen-bond acceptors (Lipinski definition) is 3. The Bertz CT molecular complexity index is 2150. The summed E-state index contributed by atoms with van der Waals surface area (Å²) in [7, 11) is 1.37. The van der Waals surface area contributed by atoms with Crippen LogP contribution in [0, 0.1) is 0 Å². The van der Waals surface area contributed by atoms with E-state index in [-0.39, 0.29) is 10.9 Å². The second kappa shape index (κ2) is 13.0. The zero-order valence-corrected chi connectivity index (χ0v) is 26.8. The van der Waals surface area contributed by atoms with Crippen LogP contribution in [0.15, 0.2) is 79.1 Å². The van der Waals surface area contributed by atoms with Crippen molar-refractivity contribution in [2.75, 3.05) is 13.2 Å². The van der Waals surface area contributed by atoms with Gasteiger partial charge in [0.25, 0.3) is 0 Å². The molecule has 0 radical (unpaired) electrons. The highest BCUT2D eigenvalue weighted by molar-refractivity contribution is 6.23. The third-order valence-corrected chi connectivity index (χ3v) is 8.65. The fourth-order valence-electron chi connectivity index (χ4n) is 5.52. The molecular weight excluding hydrogens is 774 g/mol. The normalized spacial score (nSPS) is 14.4. The Morgan fingerprint density at radius 1 is 0.537 bits per heavy atom. The topological polar surface area (TPSA) is 39.4 Å². The van der Waals surface area contributed by atoms with Gasteiger partial charge < -0.3 is 9.47 Å². The summed E-state index contributed by atoms with van der Waals surface area (Å²) < 4.78 is 240. The maximum absolute atomic E-state index is 14.6. The number of benzene rings is 4. The average Bonchev–Trinajstić information content (AvgIpc) is 3.09. The molecule has 0 N–H and O–H groups in total. The molecule has 54 heavy (non-hydrogen) atoms. The van der Waals surface area contributed by atoms with E-state index in [1.807, 2.05) is 0 Å². The van der Waals surface area contributed by atoms with Gasteiger partial charge in [-0.15, -0.1) is 0 Å². The van der Waals surface area contributed by atoms with Gasteiger partial charge in [0.05, 0.1) is 12.2 Å². The maximum Gasteiger partial charge on any atom is 0.385 e. The van der Waals surface area contributed by atoms with Crippen LogP contribution >= 0.6 is 0 Å². The number of halogens is 16. The minimum atomic E-state index is -8.61. The van der Waals surface area contributed by atoms with Crippen molar-refractivity contribution >= 4 is 38.3 Å². The molecule has 0 aliphatic heterocycles. The lowest BCUT2D eigenvalue weighted by molar-refractivity contribution is -0.671. The van der Waals surface area contributed by atoms with Crippen LogP contribution in [-0.4, -0.2) is 66.6 Å². The maximum atomic E-state index is 14.6. The van der Waals surface area contributed by atoms with Gasteiger partial charge in [0.15, 0.2) is 19.0 Å². The van der Waals surface area contributed by atoms with Crippen LogP contribution in [0.4, 0.5) is 70.2 Å². The molecule has 292 valence electrons. The number of carbonyl (C=O) groups excluding carboxylic acids is 1. The molecule has 0 saturated carbocycles. The third kappa shape index (κ3) is 6.00. The number of ether oxygens (including phenoxy) is 2. The lowest BCUT2D eigenvalue weighted by Gasteiger charge is -2.43. The molecule has 4 nitrogen and oxygen atoms in total. The van der Waals surface area contributed by atoms with Crippen molar-refractivity contribution in [3.63, 3.8) is 0 Å². The summed E-state index contributed by atoms with van der Waals surface area (Å²) in [5.41, 5.74) is -0.756. The molecule has 0 aliphatic carbocycles. The van der Waals surface area contributed by atoms with Crippen LogP contribution < -0.4 is 4.57 Å². The van der Waals surface area contributed by atoms with Crippen molar-refractivity contribution in [1.29, 1.82) is 0 Å². The van der Waals surface area contributed by atoms with Gasteiger partial charge in [-0.1, -0.05) is 54.6 Å². The van der Waals surface area contributed by atoms with E-state index in [9.17, 15) is 75.0 Å². The Hall–Kier alpha value is -4.62. The van der Waals surface area contributed by atoms with Crippen LogP contribution in [0.25, 0.3) is 32.3 Å². The van der Waals surface area contributed by atoms with E-state index in [2.05, 4.69) is 9.47 Å². The number of nitrogens with zero attached hydrogens (tertiary/aromatic N) is 1. The van der Waals surface area contributed by atoms with Crippen molar-refractivity contribution in [3.8, 4) is 0 Å². The van der Waals surface area contributed by atoms with E-state index in [1.165, 1.54) is 29.8 Å². The molecule has 5 rings (SSSR count). The lowest BCUT2D eigenvalue weighted by Crippen LogP contribution is -2.75. The minimum Gasteiger partial charge on any atom is -0.455 e.